The minimum atomic E-state index is -0.363. The van der Waals surface area contributed by atoms with Crippen molar-refractivity contribution < 1.29 is 14.3 Å². The predicted octanol–water partition coefficient (Wildman–Crippen LogP) is 5.16. The molecule has 28 heavy (non-hydrogen) atoms. The maximum absolute atomic E-state index is 12.6. The lowest BCUT2D eigenvalue weighted by atomic mass is 10.1. The van der Waals surface area contributed by atoms with E-state index in [0.29, 0.717) is 18.5 Å². The lowest BCUT2D eigenvalue weighted by Crippen LogP contribution is -2.23. The number of hydrogen-bond donors (Lipinski definition) is 0. The second kappa shape index (κ2) is 7.69. The van der Waals surface area contributed by atoms with Gasteiger partial charge < -0.3 is 9.64 Å². The van der Waals surface area contributed by atoms with E-state index in [0.717, 1.165) is 22.4 Å². The average Bonchev–Trinajstić information content (AvgIpc) is 3.09. The van der Waals surface area contributed by atoms with E-state index in [4.69, 9.17) is 4.74 Å². The number of carbonyl (C=O) groups excluding carboxylic acids is 2. The summed E-state index contributed by atoms with van der Waals surface area (Å²) in [7, 11) is 0. The van der Waals surface area contributed by atoms with E-state index in [1.807, 2.05) is 61.5 Å². The molecule has 1 amide bonds. The van der Waals surface area contributed by atoms with Gasteiger partial charge in [-0.3, -0.25) is 4.79 Å². The summed E-state index contributed by atoms with van der Waals surface area (Å²) in [4.78, 5) is 26.9. The summed E-state index contributed by atoms with van der Waals surface area (Å²) in [6.45, 7) is 2.54. The molecule has 3 aromatic carbocycles. The summed E-state index contributed by atoms with van der Waals surface area (Å²) in [6, 6.07) is 24.4. The Hall–Kier alpha value is -3.40. The van der Waals surface area contributed by atoms with Gasteiger partial charge in [-0.1, -0.05) is 55.5 Å². The number of amides is 1. The predicted molar refractivity (Wildman–Crippen MR) is 108 cm³/mol. The van der Waals surface area contributed by atoms with Crippen LogP contribution in [0.15, 0.2) is 78.9 Å². The molecule has 140 valence electrons. The highest BCUT2D eigenvalue weighted by molar-refractivity contribution is 6.10. The number of nitrogens with zero attached hydrogens (tertiary/aromatic N) is 1. The van der Waals surface area contributed by atoms with Crippen LogP contribution in [0.4, 0.5) is 5.69 Å². The smallest absolute Gasteiger partial charge is 0.338 e. The molecule has 4 heteroatoms. The average molecular weight is 371 g/mol. The Bertz CT molecular complexity index is 996. The van der Waals surface area contributed by atoms with Gasteiger partial charge in [0.05, 0.1) is 12.1 Å². The first kappa shape index (κ1) is 18.0. The highest BCUT2D eigenvalue weighted by Gasteiger charge is 2.28. The molecule has 4 rings (SSSR count). The zero-order valence-electron chi connectivity index (χ0n) is 15.7. The van der Waals surface area contributed by atoms with Crippen molar-refractivity contribution in [1.82, 2.24) is 0 Å². The van der Waals surface area contributed by atoms with Crippen molar-refractivity contribution in [3.05, 3.63) is 101 Å². The molecule has 0 saturated carbocycles. The number of benzene rings is 3. The zero-order valence-corrected chi connectivity index (χ0v) is 15.7. The third-order valence-corrected chi connectivity index (χ3v) is 5.03. The Morgan fingerprint density at radius 3 is 2.32 bits per heavy atom. The van der Waals surface area contributed by atoms with E-state index in [9.17, 15) is 9.59 Å². The quantitative estimate of drug-likeness (QED) is 0.582. The summed E-state index contributed by atoms with van der Waals surface area (Å²) in [5.41, 5.74) is 3.98. The van der Waals surface area contributed by atoms with Gasteiger partial charge in [0.15, 0.2) is 0 Å². The summed E-state index contributed by atoms with van der Waals surface area (Å²) in [6.07, 6.45) is 0.428. The van der Waals surface area contributed by atoms with Gasteiger partial charge >= 0.3 is 5.97 Å². The van der Waals surface area contributed by atoms with Crippen molar-refractivity contribution in [2.24, 2.45) is 0 Å². The highest BCUT2D eigenvalue weighted by Crippen LogP contribution is 2.29. The third kappa shape index (κ3) is 3.41. The summed E-state index contributed by atoms with van der Waals surface area (Å²) < 4.78 is 5.69. The first-order chi connectivity index (χ1) is 13.7. The second-order valence-electron chi connectivity index (χ2n) is 6.81. The summed E-state index contributed by atoms with van der Waals surface area (Å²) in [5, 5.41) is 0. The second-order valence-corrected chi connectivity index (χ2v) is 6.81. The van der Waals surface area contributed by atoms with Gasteiger partial charge in [-0.05, 0) is 47.9 Å². The molecule has 0 saturated heterocycles. The molecule has 0 spiro atoms. The van der Waals surface area contributed by atoms with Crippen LogP contribution in [0.3, 0.4) is 0 Å². The number of fused-ring (bicyclic) bond motifs is 1. The number of anilines is 1. The fourth-order valence-electron chi connectivity index (χ4n) is 3.49. The molecule has 1 aliphatic rings. The number of hydrogen-bond acceptors (Lipinski definition) is 3. The van der Waals surface area contributed by atoms with Crippen molar-refractivity contribution in [2.45, 2.75) is 26.0 Å². The van der Waals surface area contributed by atoms with E-state index in [1.165, 1.54) is 0 Å². The lowest BCUT2D eigenvalue weighted by Gasteiger charge is -2.18. The Morgan fingerprint density at radius 2 is 1.64 bits per heavy atom. The number of ether oxygens (including phenoxy) is 1. The van der Waals surface area contributed by atoms with Crippen LogP contribution in [0.2, 0.25) is 0 Å². The molecular formula is C24H21NO3. The van der Waals surface area contributed by atoms with Crippen molar-refractivity contribution in [2.75, 3.05) is 4.90 Å². The molecule has 0 aromatic heterocycles. The van der Waals surface area contributed by atoms with Crippen molar-refractivity contribution in [3.8, 4) is 0 Å². The van der Waals surface area contributed by atoms with Gasteiger partial charge in [0.25, 0.3) is 5.91 Å². The number of rotatable bonds is 5. The van der Waals surface area contributed by atoms with Crippen LogP contribution in [0.1, 0.15) is 51.3 Å². The van der Waals surface area contributed by atoms with Crippen LogP contribution in [-0.2, 0) is 11.3 Å². The van der Waals surface area contributed by atoms with Gasteiger partial charge in [-0.15, -0.1) is 0 Å². The molecular weight excluding hydrogens is 350 g/mol. The summed E-state index contributed by atoms with van der Waals surface area (Å²) >= 11 is 0. The Balaban J connectivity index is 1.48. The molecule has 0 fully saturated rings. The molecule has 1 unspecified atom stereocenters. The van der Waals surface area contributed by atoms with Crippen LogP contribution < -0.4 is 4.90 Å². The molecule has 0 radical (unpaired) electrons. The minimum absolute atomic E-state index is 0.0129. The van der Waals surface area contributed by atoms with Crippen LogP contribution >= 0.6 is 0 Å². The molecule has 0 N–H and O–H groups in total. The Labute approximate surface area is 164 Å². The normalized spacial score (nSPS) is 13.9. The van der Waals surface area contributed by atoms with E-state index < -0.39 is 0 Å². The standard InChI is InChI=1S/C24H21NO3/c1-2-22(17-8-4-3-5-9-17)28-24(27)18-12-14-20(15-13-18)25-16-19-10-6-7-11-21(19)23(25)26/h3-15,22H,2,16H2,1H3. The van der Waals surface area contributed by atoms with Crippen molar-refractivity contribution in [1.29, 1.82) is 0 Å². The number of carbonyl (C=O) groups is 2. The van der Waals surface area contributed by atoms with E-state index >= 15 is 0 Å². The first-order valence-corrected chi connectivity index (χ1v) is 9.43. The maximum atomic E-state index is 12.6. The molecule has 4 nitrogen and oxygen atoms in total. The summed E-state index contributed by atoms with van der Waals surface area (Å²) in [5.74, 6) is -0.376. The fraction of sp³-hybridized carbons (Fsp3) is 0.167. The van der Waals surface area contributed by atoms with Gasteiger partial charge in [-0.25, -0.2) is 4.79 Å². The molecule has 1 aliphatic heterocycles. The third-order valence-electron chi connectivity index (χ3n) is 5.03. The highest BCUT2D eigenvalue weighted by atomic mass is 16.5. The topological polar surface area (TPSA) is 46.6 Å². The molecule has 1 heterocycles. The molecule has 1 atom stereocenters. The van der Waals surface area contributed by atoms with Crippen LogP contribution in [-0.4, -0.2) is 11.9 Å². The minimum Gasteiger partial charge on any atom is -0.454 e. The van der Waals surface area contributed by atoms with Crippen molar-refractivity contribution in [3.63, 3.8) is 0 Å². The van der Waals surface area contributed by atoms with Gasteiger partial charge in [-0.2, -0.15) is 0 Å². The van der Waals surface area contributed by atoms with Gasteiger partial charge in [0.1, 0.15) is 6.10 Å². The number of esters is 1. The maximum Gasteiger partial charge on any atom is 0.338 e. The van der Waals surface area contributed by atoms with Crippen LogP contribution in [0.25, 0.3) is 0 Å². The fourth-order valence-corrected chi connectivity index (χ4v) is 3.49. The lowest BCUT2D eigenvalue weighted by molar-refractivity contribution is 0.0288. The molecule has 3 aromatic rings. The molecule has 0 aliphatic carbocycles. The van der Waals surface area contributed by atoms with Gasteiger partial charge in [0, 0.05) is 11.3 Å². The van der Waals surface area contributed by atoms with Crippen molar-refractivity contribution >= 4 is 17.6 Å². The zero-order chi connectivity index (χ0) is 19.5. The van der Waals surface area contributed by atoms with E-state index in [-0.39, 0.29) is 18.0 Å². The SMILES string of the molecule is CCC(OC(=O)c1ccc(N2Cc3ccccc3C2=O)cc1)c1ccccc1. The largest absolute Gasteiger partial charge is 0.454 e. The van der Waals surface area contributed by atoms with Crippen LogP contribution in [0, 0.1) is 0 Å². The Morgan fingerprint density at radius 1 is 0.964 bits per heavy atom. The Kier molecular flexibility index (Phi) is 4.94. The van der Waals surface area contributed by atoms with Gasteiger partial charge in [0.2, 0.25) is 0 Å². The molecule has 0 bridgehead atoms. The first-order valence-electron chi connectivity index (χ1n) is 9.43. The van der Waals surface area contributed by atoms with E-state index in [2.05, 4.69) is 0 Å². The monoisotopic (exact) mass is 371 g/mol. The van der Waals surface area contributed by atoms with E-state index in [1.54, 1.807) is 29.2 Å². The van der Waals surface area contributed by atoms with Crippen LogP contribution in [0.5, 0.6) is 0 Å².